The lowest BCUT2D eigenvalue weighted by Gasteiger charge is -2.12. The van der Waals surface area contributed by atoms with E-state index in [1.54, 1.807) is 0 Å². The largest absolute Gasteiger partial charge is 2.00 e. The lowest BCUT2D eigenvalue weighted by molar-refractivity contribution is 0.416. The molecule has 0 aromatic rings. The smallest absolute Gasteiger partial charge is 0.780 e. The van der Waals surface area contributed by atoms with Crippen molar-refractivity contribution < 1.29 is 18.8 Å². The van der Waals surface area contributed by atoms with Crippen molar-refractivity contribution in [2.75, 3.05) is 0 Å². The molecule has 0 saturated carbocycles. The van der Waals surface area contributed by atoms with Gasteiger partial charge in [0.2, 0.25) is 0 Å². The average Bonchev–Trinajstić information content (AvgIpc) is 0.722. The molecule has 0 aliphatic rings. The van der Waals surface area contributed by atoms with Gasteiger partial charge in [-0.05, 0) is 11.2 Å². The maximum atomic E-state index is 8.89. The van der Waals surface area contributed by atoms with Gasteiger partial charge < -0.3 is 9.11 Å². The van der Waals surface area contributed by atoms with Gasteiger partial charge in [-0.3, -0.25) is 4.21 Å². The van der Waals surface area contributed by atoms with Crippen LogP contribution in [0, 0.1) is 0 Å². The van der Waals surface area contributed by atoms with E-state index in [0.717, 1.165) is 0 Å². The molecule has 0 unspecified atom stereocenters. The summed E-state index contributed by atoms with van der Waals surface area (Å²) in [5.41, 5.74) is 0. The van der Waals surface area contributed by atoms with Gasteiger partial charge in [-0.25, -0.2) is 0 Å². The van der Waals surface area contributed by atoms with Crippen molar-refractivity contribution >= 4 is 20.2 Å². The monoisotopic (exact) mass is 128 g/mol. The lowest BCUT2D eigenvalue weighted by Crippen LogP contribution is -1.88. The van der Waals surface area contributed by atoms with Gasteiger partial charge in [0.25, 0.3) is 0 Å². The highest BCUT2D eigenvalue weighted by Gasteiger charge is 2.00. The maximum Gasteiger partial charge on any atom is 2.00 e. The van der Waals surface area contributed by atoms with E-state index in [-0.39, 0.29) is 5.48 Å². The minimum atomic E-state index is -4.33. The highest BCUT2D eigenvalue weighted by molar-refractivity contribution is 8.26. The second kappa shape index (κ2) is 2.43. The van der Waals surface area contributed by atoms with Crippen LogP contribution in [0.15, 0.2) is 0 Å². The van der Waals surface area contributed by atoms with E-state index in [4.69, 9.17) is 13.3 Å². The molecular weight excluding hydrogens is 128 g/mol. The van der Waals surface area contributed by atoms with Crippen LogP contribution in [0.2, 0.25) is 0 Å². The molecule has 0 atom stereocenters. The van der Waals surface area contributed by atoms with Gasteiger partial charge in [0, 0.05) is 0 Å². The summed E-state index contributed by atoms with van der Waals surface area (Å²) >= 11 is 3.24. The van der Waals surface area contributed by atoms with Crippen molar-refractivity contribution in [3.05, 3.63) is 0 Å². The second-order valence-electron chi connectivity index (χ2n) is 0.408. The second-order valence-corrected chi connectivity index (χ2v) is 2.45. The summed E-state index contributed by atoms with van der Waals surface area (Å²) in [6.07, 6.45) is 0. The van der Waals surface area contributed by atoms with Crippen molar-refractivity contribution in [1.82, 2.24) is 0 Å². The average molecular weight is 128 g/mol. The summed E-state index contributed by atoms with van der Waals surface area (Å²) in [5.74, 6) is 0. The van der Waals surface area contributed by atoms with Crippen LogP contribution >= 0.6 is 0 Å². The first-order valence-corrected chi connectivity index (χ1v) is 3.00. The normalized spacial score (nSPS) is 9.67. The predicted octanol–water partition coefficient (Wildman–Crippen LogP) is -1.13. The quantitative estimate of drug-likeness (QED) is 0.413. The van der Waals surface area contributed by atoms with Crippen LogP contribution in [-0.2, 0) is 25.7 Å². The molecule has 6 heavy (non-hydrogen) atoms. The van der Waals surface area contributed by atoms with E-state index >= 15 is 0 Å². The summed E-state index contributed by atoms with van der Waals surface area (Å²) in [5, 5.41) is 0. The summed E-state index contributed by atoms with van der Waals surface area (Å²) in [6.45, 7) is 0. The molecule has 0 N–H and O–H groups in total. The van der Waals surface area contributed by atoms with E-state index in [2.05, 4.69) is 11.2 Å². The number of hydrogen-bond acceptors (Lipinski definition) is 4. The fourth-order valence-electron chi connectivity index (χ4n) is 0. The fourth-order valence-corrected chi connectivity index (χ4v) is 0. The predicted molar refractivity (Wildman–Crippen MR) is 17.7 cm³/mol. The summed E-state index contributed by atoms with van der Waals surface area (Å²) < 4.78 is 26.7. The standard InChI is InChI=1S/H2O3S2.O/c1-5(2,3)4;/h(H2,1,2,3,4);/q;+2/p-2. The molecule has 0 rings (SSSR count). The third-order valence-electron chi connectivity index (χ3n) is 0. The van der Waals surface area contributed by atoms with Crippen LogP contribution in [0.5, 0.6) is 0 Å². The van der Waals surface area contributed by atoms with Crippen molar-refractivity contribution in [1.29, 1.82) is 0 Å². The Labute approximate surface area is 39.8 Å². The van der Waals surface area contributed by atoms with Gasteiger partial charge in [0.1, 0.15) is 0 Å². The Kier molecular flexibility index (Phi) is 3.86. The highest BCUT2D eigenvalue weighted by Crippen LogP contribution is 1.60. The molecule has 0 aromatic heterocycles. The Balaban J connectivity index is 0. The molecule has 0 bridgehead atoms. The van der Waals surface area contributed by atoms with E-state index < -0.39 is 9.05 Å². The summed E-state index contributed by atoms with van der Waals surface area (Å²) in [7, 11) is -4.33. The third-order valence-corrected chi connectivity index (χ3v) is 0. The van der Waals surface area contributed by atoms with Gasteiger partial charge in [0.05, 0.1) is 0 Å². The molecule has 36 valence electrons. The van der Waals surface area contributed by atoms with Crippen LogP contribution in [0.4, 0.5) is 0 Å². The third kappa shape index (κ3) is 718. The van der Waals surface area contributed by atoms with Crippen molar-refractivity contribution in [2.24, 2.45) is 0 Å². The Morgan fingerprint density at radius 1 is 1.50 bits per heavy atom. The van der Waals surface area contributed by atoms with Crippen molar-refractivity contribution in [3.63, 3.8) is 0 Å². The molecule has 0 spiro atoms. The summed E-state index contributed by atoms with van der Waals surface area (Å²) in [4.78, 5) is 0. The molecule has 4 nitrogen and oxygen atoms in total. The zero-order chi connectivity index (χ0) is 4.50. The minimum Gasteiger partial charge on any atom is -0.780 e. The molecule has 0 aromatic carbocycles. The first kappa shape index (κ1) is 9.54. The van der Waals surface area contributed by atoms with Gasteiger partial charge in [-0.1, -0.05) is 0 Å². The molecule has 0 amide bonds. The molecule has 0 aliphatic carbocycles. The molecule has 4 radical (unpaired) electrons. The van der Waals surface area contributed by atoms with Crippen LogP contribution in [0.25, 0.3) is 0 Å². The topological polar surface area (TPSA) is 91.7 Å². The van der Waals surface area contributed by atoms with Gasteiger partial charge in [-0.2, -0.15) is 0 Å². The van der Waals surface area contributed by atoms with E-state index in [1.165, 1.54) is 0 Å². The fraction of sp³-hybridized carbons (Fsp3) is 0. The van der Waals surface area contributed by atoms with Gasteiger partial charge in [0.15, 0.2) is 0 Å². The van der Waals surface area contributed by atoms with Crippen molar-refractivity contribution in [3.8, 4) is 0 Å². The lowest BCUT2D eigenvalue weighted by atomic mass is 15.8. The van der Waals surface area contributed by atoms with E-state index in [9.17, 15) is 0 Å². The first-order valence-electron chi connectivity index (χ1n) is 0.667. The van der Waals surface area contributed by atoms with Crippen LogP contribution in [-0.4, -0.2) is 13.3 Å². The highest BCUT2D eigenvalue weighted by atomic mass is 32.9. The van der Waals surface area contributed by atoms with Crippen LogP contribution in [0.1, 0.15) is 0 Å². The maximum absolute atomic E-state index is 8.89. The number of hydrogen-bond donors (Lipinski definition) is 0. The molecule has 6 heteroatoms. The molecule has 0 fully saturated rings. The summed E-state index contributed by atoms with van der Waals surface area (Å²) in [6, 6.07) is 0. The van der Waals surface area contributed by atoms with Crippen molar-refractivity contribution in [2.45, 2.75) is 0 Å². The Morgan fingerprint density at radius 3 is 1.50 bits per heavy atom. The molecule has 0 saturated heterocycles. The first-order chi connectivity index (χ1) is 2.00. The van der Waals surface area contributed by atoms with Crippen LogP contribution in [0.3, 0.4) is 0 Å². The van der Waals surface area contributed by atoms with E-state index in [1.807, 2.05) is 0 Å². The number of rotatable bonds is 0. The van der Waals surface area contributed by atoms with E-state index in [0.29, 0.717) is 0 Å². The zero-order valence-corrected chi connectivity index (χ0v) is 4.08. The molecule has 0 heterocycles. The zero-order valence-electron chi connectivity index (χ0n) is 2.45. The van der Waals surface area contributed by atoms with Gasteiger partial charge >= 0.3 is 5.48 Å². The Hall–Kier alpha value is 0.250. The van der Waals surface area contributed by atoms with Gasteiger partial charge in [-0.15, -0.1) is 9.05 Å². The molecule has 0 aliphatic heterocycles. The van der Waals surface area contributed by atoms with Crippen LogP contribution < -0.4 is 0 Å². The Bertz CT molecular complexity index is 88.7. The SMILES string of the molecule is O=S([O-])([O-])=S.[O+2]. The minimum absolute atomic E-state index is 0. The Morgan fingerprint density at radius 2 is 1.50 bits per heavy atom. The molecular formula is O4S2.